The Bertz CT molecular complexity index is 3980. The van der Waals surface area contributed by atoms with Crippen molar-refractivity contribution in [2.24, 2.45) is 0 Å². The molecule has 452 valence electrons. The first-order valence-electron chi connectivity index (χ1n) is 29.8. The molecule has 20 nitrogen and oxygen atoms in total. The number of nitrogens with two attached hydrogens (primary N) is 2. The van der Waals surface area contributed by atoms with Crippen LogP contribution in [0.25, 0.3) is 56.0 Å². The summed E-state index contributed by atoms with van der Waals surface area (Å²) in [4.78, 5) is 98.1. The van der Waals surface area contributed by atoms with Crippen LogP contribution >= 0.6 is 11.6 Å². The number of aromatic nitrogens is 10. The number of hydrogen-bond donors (Lipinski definition) is 2. The number of carbonyl (C=O) groups is 2. The van der Waals surface area contributed by atoms with Gasteiger partial charge in [-0.2, -0.15) is 9.97 Å². The topological polar surface area (TPSA) is 246 Å². The highest BCUT2D eigenvalue weighted by Crippen LogP contribution is 2.50. The highest BCUT2D eigenvalue weighted by Gasteiger charge is 2.41. The van der Waals surface area contributed by atoms with Crippen LogP contribution in [0.5, 0.6) is 0 Å². The molecule has 24 heteroatoms. The van der Waals surface area contributed by atoms with Crippen molar-refractivity contribution in [2.75, 3.05) is 47.4 Å². The predicted octanol–water partition coefficient (Wildman–Crippen LogP) is 9.44. The molecule has 2 amide bonds. The van der Waals surface area contributed by atoms with E-state index in [1.54, 1.807) is 28.3 Å². The van der Waals surface area contributed by atoms with Crippen molar-refractivity contribution >= 4 is 68.5 Å². The molecule has 4 saturated carbocycles. The van der Waals surface area contributed by atoms with E-state index in [1.807, 2.05) is 37.5 Å². The van der Waals surface area contributed by atoms with Gasteiger partial charge in [0.15, 0.2) is 17.1 Å². The number of rotatable bonds is 12. The van der Waals surface area contributed by atoms with Crippen LogP contribution < -0.4 is 32.6 Å². The van der Waals surface area contributed by atoms with E-state index in [0.717, 1.165) is 74.1 Å². The normalized spacial score (nSPS) is 20.3. The van der Waals surface area contributed by atoms with Crippen LogP contribution in [0.2, 0.25) is 5.02 Å². The van der Waals surface area contributed by atoms with E-state index in [9.17, 15) is 19.2 Å². The van der Waals surface area contributed by atoms with E-state index in [2.05, 4.69) is 48.0 Å². The van der Waals surface area contributed by atoms with Crippen LogP contribution in [0.15, 0.2) is 96.1 Å². The minimum absolute atomic E-state index is 0.0183. The minimum atomic E-state index is -0.808. The SMILES string of the molecule is C=CC(=O)N1C[C@H](C)N(c2nc(=O)n(-c3c(C4CC4)ncnc3C3CC3)c3nc(-c4c(N)cccc4F)c(Cl)cc23)C[C@H]1C.C=CC(=O)N1C[C@H](C)N(c2nc(=O)n(-c3c(C4CC4)ncnc3C3CC3)c3nc(-c4c(N)cccc4F)c(F)cc23)C[C@H]1C. The van der Waals surface area contributed by atoms with Gasteiger partial charge in [-0.05, 0) is 128 Å². The Labute approximate surface area is 508 Å². The maximum Gasteiger partial charge on any atom is 0.355 e. The van der Waals surface area contributed by atoms with Crippen LogP contribution in [-0.2, 0) is 9.59 Å². The molecule has 14 rings (SSSR count). The lowest BCUT2D eigenvalue weighted by Gasteiger charge is -2.44. The van der Waals surface area contributed by atoms with Gasteiger partial charge in [-0.25, -0.2) is 61.8 Å². The molecule has 0 radical (unpaired) electrons. The third kappa shape index (κ3) is 10.3. The summed E-state index contributed by atoms with van der Waals surface area (Å²) in [5, 5.41) is 0.955. The second kappa shape index (κ2) is 22.5. The van der Waals surface area contributed by atoms with Gasteiger partial charge in [0.05, 0.1) is 66.8 Å². The third-order valence-electron chi connectivity index (χ3n) is 17.7. The molecule has 0 bridgehead atoms. The number of fused-ring (bicyclic) bond motifs is 2. The van der Waals surface area contributed by atoms with Gasteiger partial charge in [-0.1, -0.05) is 36.9 Å². The van der Waals surface area contributed by atoms with Gasteiger partial charge >= 0.3 is 11.4 Å². The van der Waals surface area contributed by atoms with Crippen LogP contribution in [0, 0.1) is 17.5 Å². The Kier molecular flexibility index (Phi) is 14.8. The third-order valence-corrected chi connectivity index (χ3v) is 17.9. The molecule has 2 aromatic carbocycles. The van der Waals surface area contributed by atoms with E-state index >= 15 is 13.2 Å². The average Bonchev–Trinajstić information content (AvgIpc) is 0.826. The molecule has 4 N–H and O–H groups in total. The van der Waals surface area contributed by atoms with Gasteiger partial charge < -0.3 is 31.1 Å². The second-order valence-corrected chi connectivity index (χ2v) is 24.5. The molecule has 0 unspecified atom stereocenters. The predicted molar refractivity (Wildman–Crippen MR) is 330 cm³/mol. The van der Waals surface area contributed by atoms with E-state index in [1.165, 1.54) is 64.0 Å². The number of piperazine rings is 2. The highest BCUT2D eigenvalue weighted by atomic mass is 35.5. The first kappa shape index (κ1) is 57.9. The van der Waals surface area contributed by atoms with Crippen molar-refractivity contribution in [1.82, 2.24) is 58.8 Å². The Balaban J connectivity index is 0.000000162. The Morgan fingerprint density at radius 3 is 1.28 bits per heavy atom. The number of hydrogen-bond acceptors (Lipinski definition) is 16. The maximum atomic E-state index is 16.1. The van der Waals surface area contributed by atoms with Gasteiger partial charge in [0, 0.05) is 85.4 Å². The fourth-order valence-corrected chi connectivity index (χ4v) is 12.8. The molecule has 4 aliphatic carbocycles. The molecule has 6 fully saturated rings. The van der Waals surface area contributed by atoms with Gasteiger partial charge in [0.1, 0.15) is 41.6 Å². The fraction of sp³-hybridized carbons (Fsp3) is 0.375. The van der Waals surface area contributed by atoms with E-state index < -0.39 is 28.8 Å². The van der Waals surface area contributed by atoms with Crippen LogP contribution in [0.3, 0.4) is 0 Å². The molecule has 2 saturated heterocycles. The van der Waals surface area contributed by atoms with Crippen LogP contribution in [0.4, 0.5) is 36.2 Å². The van der Waals surface area contributed by atoms with Gasteiger partial charge in [-0.15, -0.1) is 0 Å². The van der Waals surface area contributed by atoms with Crippen LogP contribution in [-0.4, -0.2) is 121 Å². The molecule has 4 atom stereocenters. The number of benzene rings is 2. The molecule has 8 aromatic rings. The Hall–Kier alpha value is -9.12. The molecular weight excluding hydrogens is 1150 g/mol. The number of carbonyl (C=O) groups excluding carboxylic acids is 2. The summed E-state index contributed by atoms with van der Waals surface area (Å²) >= 11 is 6.86. The number of anilines is 4. The van der Waals surface area contributed by atoms with E-state index in [0.29, 0.717) is 48.8 Å². The van der Waals surface area contributed by atoms with Crippen molar-refractivity contribution < 1.29 is 22.8 Å². The monoisotopic (exact) mass is 1210 g/mol. The van der Waals surface area contributed by atoms with Crippen LogP contribution in [0.1, 0.15) is 126 Å². The molecule has 2 aliphatic heterocycles. The smallest absolute Gasteiger partial charge is 0.355 e. The molecule has 0 spiro atoms. The number of halogens is 4. The zero-order valence-electron chi connectivity index (χ0n) is 49.0. The summed E-state index contributed by atoms with van der Waals surface area (Å²) in [5.41, 5.74) is 15.6. The molecular formula is C64H64ClF3N16O4. The van der Waals surface area contributed by atoms with Crippen molar-refractivity contribution in [2.45, 2.75) is 127 Å². The fourth-order valence-electron chi connectivity index (χ4n) is 12.6. The number of amides is 2. The van der Waals surface area contributed by atoms with Gasteiger partial charge in [0.25, 0.3) is 0 Å². The van der Waals surface area contributed by atoms with E-state index in [-0.39, 0.29) is 121 Å². The zero-order chi connectivity index (χ0) is 61.7. The highest BCUT2D eigenvalue weighted by molar-refractivity contribution is 6.34. The second-order valence-electron chi connectivity index (χ2n) is 24.1. The summed E-state index contributed by atoms with van der Waals surface area (Å²) in [6.45, 7) is 16.5. The first-order chi connectivity index (χ1) is 42.3. The van der Waals surface area contributed by atoms with Crippen molar-refractivity contribution in [1.29, 1.82) is 0 Å². The van der Waals surface area contributed by atoms with Crippen molar-refractivity contribution in [3.8, 4) is 33.9 Å². The number of nitrogen functional groups attached to an aromatic ring is 2. The molecule has 6 aliphatic rings. The summed E-state index contributed by atoms with van der Waals surface area (Å²) in [6, 6.07) is 10.6. The Morgan fingerprint density at radius 2 is 0.909 bits per heavy atom. The zero-order valence-corrected chi connectivity index (χ0v) is 49.8. The van der Waals surface area contributed by atoms with Gasteiger partial charge in [0.2, 0.25) is 11.8 Å². The minimum Gasteiger partial charge on any atom is -0.398 e. The lowest BCUT2D eigenvalue weighted by molar-refractivity contribution is -0.129. The lowest BCUT2D eigenvalue weighted by atomic mass is 10.1. The van der Waals surface area contributed by atoms with Crippen molar-refractivity contribution in [3.63, 3.8) is 0 Å². The number of nitrogens with zero attached hydrogens (tertiary/aromatic N) is 14. The molecule has 88 heavy (non-hydrogen) atoms. The summed E-state index contributed by atoms with van der Waals surface area (Å²) in [7, 11) is 0. The van der Waals surface area contributed by atoms with Gasteiger partial charge in [-0.3, -0.25) is 9.59 Å². The maximum absolute atomic E-state index is 16.1. The largest absolute Gasteiger partial charge is 0.398 e. The average molecular weight is 1210 g/mol. The van der Waals surface area contributed by atoms with E-state index in [4.69, 9.17) is 28.1 Å². The summed E-state index contributed by atoms with van der Waals surface area (Å²) in [5.74, 6) is -1.10. The Morgan fingerprint density at radius 1 is 0.534 bits per heavy atom. The number of pyridine rings is 2. The first-order valence-corrected chi connectivity index (χ1v) is 30.2. The van der Waals surface area contributed by atoms with Crippen molar-refractivity contribution in [3.05, 3.63) is 153 Å². The summed E-state index contributed by atoms with van der Waals surface area (Å²) < 4.78 is 49.3. The standard InChI is InChI=1S/C32H32ClFN8O2.C32H32F2N8O2/c1-4-24(43)40-13-17(3)41(14-16(40)2)30-20-12-21(33)28(25-22(34)6-5-7-23(25)35)38-31(20)42(32(44)39-30)29-26(18-8-9-18)36-15-37-27(29)19-10-11-19;1-4-24(43)40-13-17(3)41(14-16(40)2)30-20-12-22(34)28(25-21(33)6-5-7-23(25)35)38-31(20)42(32(44)39-30)29-26(18-8-9-18)36-15-37-27(29)19-10-11-19/h2*4-7,12,15-19H,1,8-11,13-14,35H2,2-3H3/t2*16-,17+/m11/s1. The summed E-state index contributed by atoms with van der Waals surface area (Å²) in [6.07, 6.45) is 13.2. The lowest BCUT2D eigenvalue weighted by Crippen LogP contribution is -2.58. The molecule has 8 heterocycles. The quantitative estimate of drug-likeness (QED) is 0.0854. The molecule has 6 aromatic heterocycles.